The average molecular weight is 238 g/mol. The van der Waals surface area contributed by atoms with Crippen molar-refractivity contribution < 1.29 is 14.5 Å². The predicted octanol–water partition coefficient (Wildman–Crippen LogP) is 2.40. The van der Waals surface area contributed by atoms with E-state index < -0.39 is 11.0 Å². The molecule has 0 aliphatic heterocycles. The third-order valence-electron chi connectivity index (χ3n) is 2.19. The van der Waals surface area contributed by atoms with Gasteiger partial charge >= 0.3 is 6.09 Å². The first-order valence-corrected chi connectivity index (χ1v) is 5.22. The minimum atomic E-state index is -0.536. The standard InChI is InChI=1S/C11H14N2O4/c1-3-17-11(14)12-8(2)9-5-4-6-10(7-9)13(15)16/h4-8H,3H2,1-2H3,(H,12,14). The van der Waals surface area contributed by atoms with E-state index in [2.05, 4.69) is 5.32 Å². The fraction of sp³-hybridized carbons (Fsp3) is 0.364. The Bertz CT molecular complexity index is 420. The highest BCUT2D eigenvalue weighted by Crippen LogP contribution is 2.18. The topological polar surface area (TPSA) is 81.5 Å². The fourth-order valence-electron chi connectivity index (χ4n) is 1.34. The van der Waals surface area contributed by atoms with Crippen molar-refractivity contribution in [3.05, 3.63) is 39.9 Å². The number of ether oxygens (including phenoxy) is 1. The second-order valence-electron chi connectivity index (χ2n) is 3.44. The van der Waals surface area contributed by atoms with Gasteiger partial charge in [0.05, 0.1) is 17.6 Å². The molecule has 1 aromatic carbocycles. The SMILES string of the molecule is CCOC(=O)NC(C)c1cccc([N+](=O)[O-])c1. The first-order chi connectivity index (χ1) is 8.04. The number of non-ortho nitro benzene ring substituents is 1. The number of nitrogens with one attached hydrogen (secondary N) is 1. The summed E-state index contributed by atoms with van der Waals surface area (Å²) in [5, 5.41) is 13.2. The summed E-state index contributed by atoms with van der Waals surface area (Å²) in [4.78, 5) is 21.3. The van der Waals surface area contributed by atoms with E-state index in [1.54, 1.807) is 26.0 Å². The highest BCUT2D eigenvalue weighted by Gasteiger charge is 2.13. The third kappa shape index (κ3) is 3.75. The number of carbonyl (C=O) groups excluding carboxylic acids is 1. The molecule has 0 fully saturated rings. The highest BCUT2D eigenvalue weighted by molar-refractivity contribution is 5.67. The number of alkyl carbamates (subject to hydrolysis) is 1. The zero-order valence-corrected chi connectivity index (χ0v) is 9.67. The zero-order valence-electron chi connectivity index (χ0n) is 9.67. The van der Waals surface area contributed by atoms with Crippen molar-refractivity contribution in [3.8, 4) is 0 Å². The second-order valence-corrected chi connectivity index (χ2v) is 3.44. The first-order valence-electron chi connectivity index (χ1n) is 5.22. The maximum absolute atomic E-state index is 11.2. The highest BCUT2D eigenvalue weighted by atomic mass is 16.6. The van der Waals surface area contributed by atoms with E-state index in [-0.39, 0.29) is 18.3 Å². The molecule has 0 radical (unpaired) electrons. The Labute approximate surface area is 98.7 Å². The van der Waals surface area contributed by atoms with Gasteiger partial charge in [-0.2, -0.15) is 0 Å². The summed E-state index contributed by atoms with van der Waals surface area (Å²) in [6.45, 7) is 3.72. The Kier molecular flexibility index (Phi) is 4.45. The number of carbonyl (C=O) groups is 1. The van der Waals surface area contributed by atoms with Crippen molar-refractivity contribution in [2.45, 2.75) is 19.9 Å². The largest absolute Gasteiger partial charge is 0.450 e. The van der Waals surface area contributed by atoms with Crippen molar-refractivity contribution in [1.29, 1.82) is 0 Å². The van der Waals surface area contributed by atoms with E-state index in [0.717, 1.165) is 0 Å². The summed E-state index contributed by atoms with van der Waals surface area (Å²) in [7, 11) is 0. The predicted molar refractivity (Wildman–Crippen MR) is 61.7 cm³/mol. The average Bonchev–Trinajstić information content (AvgIpc) is 2.29. The van der Waals surface area contributed by atoms with E-state index in [9.17, 15) is 14.9 Å². The molecule has 0 spiro atoms. The van der Waals surface area contributed by atoms with Crippen LogP contribution in [0.25, 0.3) is 0 Å². The number of hydrogen-bond acceptors (Lipinski definition) is 4. The Balaban J connectivity index is 2.75. The lowest BCUT2D eigenvalue weighted by molar-refractivity contribution is -0.384. The zero-order chi connectivity index (χ0) is 12.8. The number of rotatable bonds is 4. The van der Waals surface area contributed by atoms with E-state index >= 15 is 0 Å². The lowest BCUT2D eigenvalue weighted by Gasteiger charge is -2.13. The molecular weight excluding hydrogens is 224 g/mol. The lowest BCUT2D eigenvalue weighted by atomic mass is 10.1. The molecule has 0 saturated heterocycles. The number of nitro benzene ring substituents is 1. The maximum Gasteiger partial charge on any atom is 0.407 e. The Hall–Kier alpha value is -2.11. The molecule has 1 atom stereocenters. The molecule has 0 heterocycles. The van der Waals surface area contributed by atoms with Crippen molar-refractivity contribution >= 4 is 11.8 Å². The Morgan fingerprint density at radius 1 is 1.59 bits per heavy atom. The number of nitro groups is 1. The van der Waals surface area contributed by atoms with Gasteiger partial charge in [-0.05, 0) is 19.4 Å². The van der Waals surface area contributed by atoms with Crippen LogP contribution in [0.2, 0.25) is 0 Å². The van der Waals surface area contributed by atoms with Gasteiger partial charge in [-0.25, -0.2) is 4.79 Å². The van der Waals surface area contributed by atoms with Gasteiger partial charge in [0.15, 0.2) is 0 Å². The monoisotopic (exact) mass is 238 g/mol. The van der Waals surface area contributed by atoms with Crippen LogP contribution < -0.4 is 5.32 Å². The van der Waals surface area contributed by atoms with E-state index in [1.807, 2.05) is 0 Å². The molecule has 1 aromatic rings. The van der Waals surface area contributed by atoms with Crippen LogP contribution in [-0.4, -0.2) is 17.6 Å². The van der Waals surface area contributed by atoms with Gasteiger partial charge in [-0.3, -0.25) is 10.1 Å². The number of hydrogen-bond donors (Lipinski definition) is 1. The molecule has 0 aliphatic carbocycles. The van der Waals surface area contributed by atoms with Crippen LogP contribution in [0.1, 0.15) is 25.5 Å². The quantitative estimate of drug-likeness (QED) is 0.645. The summed E-state index contributed by atoms with van der Waals surface area (Å²) >= 11 is 0. The molecule has 6 nitrogen and oxygen atoms in total. The molecule has 1 amide bonds. The van der Waals surface area contributed by atoms with Gasteiger partial charge in [0.2, 0.25) is 0 Å². The van der Waals surface area contributed by atoms with Gasteiger partial charge < -0.3 is 10.1 Å². The Morgan fingerprint density at radius 3 is 2.88 bits per heavy atom. The maximum atomic E-state index is 11.2. The summed E-state index contributed by atoms with van der Waals surface area (Å²) in [6.07, 6.45) is -0.536. The van der Waals surface area contributed by atoms with Gasteiger partial charge in [-0.1, -0.05) is 12.1 Å². The summed E-state index contributed by atoms with van der Waals surface area (Å²) in [6, 6.07) is 5.78. The summed E-state index contributed by atoms with van der Waals surface area (Å²) in [5.74, 6) is 0. The number of nitrogens with zero attached hydrogens (tertiary/aromatic N) is 1. The van der Waals surface area contributed by atoms with Gasteiger partial charge in [-0.15, -0.1) is 0 Å². The van der Waals surface area contributed by atoms with Crippen LogP contribution >= 0.6 is 0 Å². The van der Waals surface area contributed by atoms with Crippen molar-refractivity contribution in [1.82, 2.24) is 5.32 Å². The van der Waals surface area contributed by atoms with E-state index in [4.69, 9.17) is 4.74 Å². The third-order valence-corrected chi connectivity index (χ3v) is 2.19. The van der Waals surface area contributed by atoms with Gasteiger partial charge in [0.1, 0.15) is 0 Å². The lowest BCUT2D eigenvalue weighted by Crippen LogP contribution is -2.27. The van der Waals surface area contributed by atoms with Crippen LogP contribution in [-0.2, 0) is 4.74 Å². The van der Waals surface area contributed by atoms with Crippen LogP contribution in [0.4, 0.5) is 10.5 Å². The molecule has 1 rings (SSSR count). The summed E-state index contributed by atoms with van der Waals surface area (Å²) in [5.41, 5.74) is 0.660. The van der Waals surface area contributed by atoms with Crippen molar-refractivity contribution in [2.24, 2.45) is 0 Å². The smallest absolute Gasteiger partial charge is 0.407 e. The molecule has 0 aliphatic rings. The summed E-state index contributed by atoms with van der Waals surface area (Å²) < 4.78 is 4.73. The van der Waals surface area contributed by atoms with Crippen LogP contribution in [0, 0.1) is 10.1 Å². The first kappa shape index (κ1) is 13.0. The molecule has 0 saturated carbocycles. The minimum Gasteiger partial charge on any atom is -0.450 e. The molecule has 0 bridgehead atoms. The van der Waals surface area contributed by atoms with Crippen molar-refractivity contribution in [3.63, 3.8) is 0 Å². The number of amides is 1. The Morgan fingerprint density at radius 2 is 2.29 bits per heavy atom. The number of benzene rings is 1. The second kappa shape index (κ2) is 5.83. The van der Waals surface area contributed by atoms with Crippen molar-refractivity contribution in [2.75, 3.05) is 6.61 Å². The molecule has 1 unspecified atom stereocenters. The van der Waals surface area contributed by atoms with E-state index in [1.165, 1.54) is 12.1 Å². The van der Waals surface area contributed by atoms with Gasteiger partial charge in [0, 0.05) is 12.1 Å². The minimum absolute atomic E-state index is 0.00000821. The fourth-order valence-corrected chi connectivity index (χ4v) is 1.34. The van der Waals surface area contributed by atoms with E-state index in [0.29, 0.717) is 5.56 Å². The molecular formula is C11H14N2O4. The molecule has 0 aromatic heterocycles. The van der Waals surface area contributed by atoms with Crippen LogP contribution in [0.5, 0.6) is 0 Å². The molecule has 1 N–H and O–H groups in total. The molecule has 92 valence electrons. The van der Waals surface area contributed by atoms with Crippen LogP contribution in [0.3, 0.4) is 0 Å². The normalized spacial score (nSPS) is 11.6. The van der Waals surface area contributed by atoms with Crippen LogP contribution in [0.15, 0.2) is 24.3 Å². The molecule has 17 heavy (non-hydrogen) atoms. The van der Waals surface area contributed by atoms with Gasteiger partial charge in [0.25, 0.3) is 5.69 Å². The molecule has 6 heteroatoms.